The van der Waals surface area contributed by atoms with Crippen LogP contribution in [-0.2, 0) is 15.6 Å². The third-order valence-electron chi connectivity index (χ3n) is 3.42. The third kappa shape index (κ3) is 3.72. The molecule has 1 fully saturated rings. The quantitative estimate of drug-likeness (QED) is 0.806. The number of amides is 1. The van der Waals surface area contributed by atoms with Gasteiger partial charge >= 0.3 is 0 Å². The average Bonchev–Trinajstić information content (AvgIpc) is 2.90. The van der Waals surface area contributed by atoms with Gasteiger partial charge in [-0.25, -0.2) is 0 Å². The second kappa shape index (κ2) is 6.74. The van der Waals surface area contributed by atoms with Crippen molar-refractivity contribution in [3.05, 3.63) is 18.2 Å². The van der Waals surface area contributed by atoms with E-state index in [0.717, 1.165) is 25.7 Å². The van der Waals surface area contributed by atoms with E-state index in [9.17, 15) is 9.00 Å². The summed E-state index contributed by atoms with van der Waals surface area (Å²) in [6.07, 6.45) is 4.34. The minimum atomic E-state index is -1.43. The first-order valence-corrected chi connectivity index (χ1v) is 8.03. The molecule has 0 saturated heterocycles. The number of rotatable bonds is 5. The smallest absolute Gasteiger partial charge is 0.233 e. The first kappa shape index (κ1) is 14.8. The van der Waals surface area contributed by atoms with E-state index >= 15 is 0 Å². The van der Waals surface area contributed by atoms with Crippen molar-refractivity contribution in [2.75, 3.05) is 18.6 Å². The molecular formula is C14H20N2O3S. The number of methoxy groups -OCH3 is 1. The highest BCUT2D eigenvalue weighted by Gasteiger charge is 2.20. The Bertz CT molecular complexity index is 513. The van der Waals surface area contributed by atoms with Crippen molar-refractivity contribution in [1.29, 1.82) is 0 Å². The Morgan fingerprint density at radius 2 is 2.15 bits per heavy atom. The Kier molecular flexibility index (Phi) is 5.00. The minimum Gasteiger partial charge on any atom is -0.495 e. The third-order valence-corrected chi connectivity index (χ3v) is 4.77. The number of nitrogen functional groups attached to an aromatic ring is 1. The lowest BCUT2D eigenvalue weighted by molar-refractivity contribution is -0.119. The predicted octanol–water partition coefficient (Wildman–Crippen LogP) is 1.44. The van der Waals surface area contributed by atoms with Crippen LogP contribution in [0.25, 0.3) is 0 Å². The second-order valence-corrected chi connectivity index (χ2v) is 6.37. The van der Waals surface area contributed by atoms with Gasteiger partial charge in [-0.3, -0.25) is 9.00 Å². The zero-order valence-corrected chi connectivity index (χ0v) is 12.4. The van der Waals surface area contributed by atoms with Gasteiger partial charge in [0, 0.05) is 17.8 Å². The Morgan fingerprint density at radius 3 is 2.80 bits per heavy atom. The van der Waals surface area contributed by atoms with Crippen LogP contribution < -0.4 is 15.8 Å². The monoisotopic (exact) mass is 296 g/mol. The lowest BCUT2D eigenvalue weighted by Gasteiger charge is -2.12. The molecule has 1 amide bonds. The molecule has 1 aliphatic rings. The molecular weight excluding hydrogens is 276 g/mol. The van der Waals surface area contributed by atoms with Crippen molar-refractivity contribution in [3.8, 4) is 5.75 Å². The molecule has 0 spiro atoms. The van der Waals surface area contributed by atoms with Crippen molar-refractivity contribution >= 4 is 22.4 Å². The lowest BCUT2D eigenvalue weighted by atomic mass is 10.2. The maximum absolute atomic E-state index is 12.2. The topological polar surface area (TPSA) is 81.4 Å². The number of nitrogens with one attached hydrogen (secondary N) is 1. The summed E-state index contributed by atoms with van der Waals surface area (Å²) in [5.74, 6) is 0.239. The molecule has 0 bridgehead atoms. The van der Waals surface area contributed by atoms with Crippen LogP contribution >= 0.6 is 0 Å². The van der Waals surface area contributed by atoms with Gasteiger partial charge in [0.25, 0.3) is 0 Å². The zero-order chi connectivity index (χ0) is 14.5. The first-order chi connectivity index (χ1) is 9.60. The van der Waals surface area contributed by atoms with Crippen LogP contribution in [0.15, 0.2) is 23.1 Å². The van der Waals surface area contributed by atoms with Crippen LogP contribution in [0.4, 0.5) is 5.69 Å². The lowest BCUT2D eigenvalue weighted by Crippen LogP contribution is -2.35. The van der Waals surface area contributed by atoms with E-state index in [1.807, 2.05) is 0 Å². The van der Waals surface area contributed by atoms with Crippen LogP contribution in [0.2, 0.25) is 0 Å². The number of ether oxygens (including phenoxy) is 1. The summed E-state index contributed by atoms with van der Waals surface area (Å²) in [5.41, 5.74) is 6.19. The van der Waals surface area contributed by atoms with Crippen LogP contribution in [0, 0.1) is 0 Å². The molecule has 1 saturated carbocycles. The molecule has 0 aliphatic heterocycles. The normalized spacial score (nSPS) is 16.9. The molecule has 1 unspecified atom stereocenters. The average molecular weight is 296 g/mol. The SMILES string of the molecule is COc1cc(N)ccc1S(=O)CC(=O)NC1CCCC1. The van der Waals surface area contributed by atoms with Crippen molar-refractivity contribution < 1.29 is 13.7 Å². The van der Waals surface area contributed by atoms with E-state index in [2.05, 4.69) is 5.32 Å². The predicted molar refractivity (Wildman–Crippen MR) is 79.1 cm³/mol. The highest BCUT2D eigenvalue weighted by Crippen LogP contribution is 2.25. The standard InChI is InChI=1S/C14H20N2O3S/c1-19-12-8-10(15)6-7-13(12)20(18)9-14(17)16-11-4-2-3-5-11/h6-8,11H,2-5,9,15H2,1H3,(H,16,17). The molecule has 2 rings (SSSR count). The summed E-state index contributed by atoms with van der Waals surface area (Å²) < 4.78 is 17.4. The molecule has 3 N–H and O–H groups in total. The summed E-state index contributed by atoms with van der Waals surface area (Å²) >= 11 is 0. The van der Waals surface area contributed by atoms with Crippen molar-refractivity contribution in [3.63, 3.8) is 0 Å². The summed E-state index contributed by atoms with van der Waals surface area (Å²) in [6.45, 7) is 0. The van der Waals surface area contributed by atoms with Gasteiger partial charge in [-0.1, -0.05) is 12.8 Å². The first-order valence-electron chi connectivity index (χ1n) is 6.71. The fourth-order valence-corrected chi connectivity index (χ4v) is 3.47. The van der Waals surface area contributed by atoms with E-state index < -0.39 is 10.8 Å². The molecule has 0 aromatic heterocycles. The number of nitrogens with two attached hydrogens (primary N) is 1. The fraction of sp³-hybridized carbons (Fsp3) is 0.500. The van der Waals surface area contributed by atoms with Gasteiger partial charge in [0.05, 0.1) is 22.8 Å². The van der Waals surface area contributed by atoms with Crippen molar-refractivity contribution in [2.45, 2.75) is 36.6 Å². The highest BCUT2D eigenvalue weighted by molar-refractivity contribution is 7.85. The van der Waals surface area contributed by atoms with Crippen molar-refractivity contribution in [1.82, 2.24) is 5.32 Å². The fourth-order valence-electron chi connectivity index (χ4n) is 2.41. The van der Waals surface area contributed by atoms with E-state index in [0.29, 0.717) is 16.3 Å². The van der Waals surface area contributed by atoms with Crippen LogP contribution in [0.5, 0.6) is 5.75 Å². The molecule has 1 aromatic rings. The van der Waals surface area contributed by atoms with Gasteiger partial charge in [-0.05, 0) is 25.0 Å². The van der Waals surface area contributed by atoms with Crippen LogP contribution in [0.1, 0.15) is 25.7 Å². The Morgan fingerprint density at radius 1 is 1.45 bits per heavy atom. The number of benzene rings is 1. The summed E-state index contributed by atoms with van der Waals surface area (Å²) in [7, 11) is 0.0683. The van der Waals surface area contributed by atoms with Gasteiger partial charge in [-0.2, -0.15) is 0 Å². The zero-order valence-electron chi connectivity index (χ0n) is 11.6. The number of carbonyl (C=O) groups is 1. The summed E-state index contributed by atoms with van der Waals surface area (Å²) in [6, 6.07) is 5.16. The maximum atomic E-state index is 12.2. The van der Waals surface area contributed by atoms with E-state index in [1.54, 1.807) is 18.2 Å². The largest absolute Gasteiger partial charge is 0.495 e. The molecule has 110 valence electrons. The summed E-state index contributed by atoms with van der Waals surface area (Å²) in [4.78, 5) is 12.4. The van der Waals surface area contributed by atoms with Gasteiger partial charge in [0.15, 0.2) is 0 Å². The number of hydrogen-bond donors (Lipinski definition) is 2. The Labute approximate surface area is 121 Å². The molecule has 1 aromatic carbocycles. The Hall–Kier alpha value is -1.56. The molecule has 0 radical (unpaired) electrons. The molecule has 6 heteroatoms. The molecule has 1 aliphatic carbocycles. The number of hydrogen-bond acceptors (Lipinski definition) is 4. The maximum Gasteiger partial charge on any atom is 0.233 e. The van der Waals surface area contributed by atoms with Gasteiger partial charge < -0.3 is 15.8 Å². The van der Waals surface area contributed by atoms with E-state index in [4.69, 9.17) is 10.5 Å². The van der Waals surface area contributed by atoms with Gasteiger partial charge in [0.1, 0.15) is 11.5 Å². The number of carbonyl (C=O) groups excluding carboxylic acids is 1. The summed E-state index contributed by atoms with van der Waals surface area (Å²) in [5, 5.41) is 2.93. The van der Waals surface area contributed by atoms with Gasteiger partial charge in [0.2, 0.25) is 5.91 Å². The molecule has 20 heavy (non-hydrogen) atoms. The Balaban J connectivity index is 1.98. The van der Waals surface area contributed by atoms with E-state index in [1.165, 1.54) is 7.11 Å². The number of anilines is 1. The van der Waals surface area contributed by atoms with Gasteiger partial charge in [-0.15, -0.1) is 0 Å². The van der Waals surface area contributed by atoms with Crippen LogP contribution in [-0.4, -0.2) is 29.0 Å². The molecule has 5 nitrogen and oxygen atoms in total. The van der Waals surface area contributed by atoms with Crippen LogP contribution in [0.3, 0.4) is 0 Å². The van der Waals surface area contributed by atoms with E-state index in [-0.39, 0.29) is 17.7 Å². The molecule has 1 atom stereocenters. The highest BCUT2D eigenvalue weighted by atomic mass is 32.2. The second-order valence-electron chi connectivity index (χ2n) is 4.95. The minimum absolute atomic E-state index is 0.0449. The van der Waals surface area contributed by atoms with Crippen molar-refractivity contribution in [2.24, 2.45) is 0 Å². The molecule has 0 heterocycles.